The highest BCUT2D eigenvalue weighted by atomic mass is 35.5. The van der Waals surface area contributed by atoms with Gasteiger partial charge in [0.15, 0.2) is 0 Å². The molecule has 1 aliphatic heterocycles. The second-order valence-electron chi connectivity index (χ2n) is 9.25. The van der Waals surface area contributed by atoms with Crippen molar-refractivity contribution in [2.24, 2.45) is 17.8 Å². The summed E-state index contributed by atoms with van der Waals surface area (Å²) in [5.74, 6) is 3.55. The summed E-state index contributed by atoms with van der Waals surface area (Å²) in [6.45, 7) is 4.74. The Morgan fingerprint density at radius 2 is 2.07 bits per heavy atom. The van der Waals surface area contributed by atoms with Crippen LogP contribution in [0.3, 0.4) is 0 Å². The third-order valence-corrected chi connectivity index (χ3v) is 7.87. The standard InChI is InChI=1S/C23H31NO2.ClH/c1-3-16-10-18(25)13-23-8-9-24(14-15-4-5-15)21(22(16)23)11-17-6-7-19(26-2)12-20(17)23;/h6-7,12,15-16,21-22H,3-5,8-11,13-14H2,1-2H3;1H/t16-,21?,22-,23?;/m1./s1. The predicted octanol–water partition coefficient (Wildman–Crippen LogP) is 4.40. The van der Waals surface area contributed by atoms with Gasteiger partial charge in [-0.1, -0.05) is 19.4 Å². The third kappa shape index (κ3) is 3.02. The van der Waals surface area contributed by atoms with Gasteiger partial charge in [-0.15, -0.1) is 12.4 Å². The second kappa shape index (κ2) is 7.08. The zero-order chi connectivity index (χ0) is 17.9. The van der Waals surface area contributed by atoms with E-state index >= 15 is 0 Å². The number of Topliss-reactive ketones (excluding diaryl/α,β-unsaturated/α-hetero) is 1. The van der Waals surface area contributed by atoms with E-state index in [1.54, 1.807) is 7.11 Å². The fourth-order valence-electron chi connectivity index (χ4n) is 6.56. The number of ether oxygens (including phenoxy) is 1. The summed E-state index contributed by atoms with van der Waals surface area (Å²) in [6.07, 6.45) is 7.82. The summed E-state index contributed by atoms with van der Waals surface area (Å²) in [4.78, 5) is 15.6. The summed E-state index contributed by atoms with van der Waals surface area (Å²) in [7, 11) is 1.75. The number of halogens is 1. The van der Waals surface area contributed by atoms with Crippen LogP contribution in [0.15, 0.2) is 18.2 Å². The largest absolute Gasteiger partial charge is 0.497 e. The summed E-state index contributed by atoms with van der Waals surface area (Å²) < 4.78 is 5.56. The smallest absolute Gasteiger partial charge is 0.134 e. The van der Waals surface area contributed by atoms with E-state index in [1.165, 1.54) is 30.5 Å². The Labute approximate surface area is 169 Å². The molecule has 27 heavy (non-hydrogen) atoms. The van der Waals surface area contributed by atoms with E-state index < -0.39 is 0 Å². The molecule has 2 saturated carbocycles. The quantitative estimate of drug-likeness (QED) is 0.764. The Balaban J connectivity index is 0.00000180. The van der Waals surface area contributed by atoms with Gasteiger partial charge in [-0.25, -0.2) is 0 Å². The maximum absolute atomic E-state index is 12.8. The third-order valence-electron chi connectivity index (χ3n) is 7.87. The molecule has 3 aliphatic carbocycles. The van der Waals surface area contributed by atoms with Crippen molar-refractivity contribution < 1.29 is 9.53 Å². The molecule has 3 nitrogen and oxygen atoms in total. The van der Waals surface area contributed by atoms with E-state index in [0.717, 1.165) is 50.3 Å². The zero-order valence-corrected chi connectivity index (χ0v) is 17.4. The molecule has 1 aromatic carbocycles. The first-order valence-corrected chi connectivity index (χ1v) is 10.6. The lowest BCUT2D eigenvalue weighted by Crippen LogP contribution is -2.64. The van der Waals surface area contributed by atoms with Gasteiger partial charge in [-0.3, -0.25) is 9.69 Å². The van der Waals surface area contributed by atoms with Gasteiger partial charge >= 0.3 is 0 Å². The number of nitrogens with zero attached hydrogens (tertiary/aromatic N) is 1. The molecule has 0 spiro atoms. The second-order valence-corrected chi connectivity index (χ2v) is 9.25. The fourth-order valence-corrected chi connectivity index (χ4v) is 6.56. The Bertz CT molecular complexity index is 731. The van der Waals surface area contributed by atoms with Crippen LogP contribution in [0.25, 0.3) is 0 Å². The summed E-state index contributed by atoms with van der Waals surface area (Å²) in [6, 6.07) is 7.28. The minimum atomic E-state index is 0. The molecular formula is C23H32ClNO2. The molecule has 5 rings (SSSR count). The monoisotopic (exact) mass is 389 g/mol. The van der Waals surface area contributed by atoms with E-state index in [4.69, 9.17) is 4.74 Å². The normalized spacial score (nSPS) is 35.0. The van der Waals surface area contributed by atoms with Gasteiger partial charge in [-0.2, -0.15) is 0 Å². The number of rotatable bonds is 4. The molecule has 2 unspecified atom stereocenters. The van der Waals surface area contributed by atoms with Crippen LogP contribution in [-0.2, 0) is 16.6 Å². The Kier molecular flexibility index (Phi) is 5.05. The molecule has 0 N–H and O–H groups in total. The van der Waals surface area contributed by atoms with Crippen LogP contribution in [0.5, 0.6) is 5.75 Å². The molecule has 0 radical (unpaired) electrons. The van der Waals surface area contributed by atoms with Crippen LogP contribution in [0.1, 0.15) is 56.6 Å². The van der Waals surface area contributed by atoms with Gasteiger partial charge in [0.05, 0.1) is 7.11 Å². The van der Waals surface area contributed by atoms with E-state index in [1.807, 2.05) is 0 Å². The number of carbonyl (C=O) groups excluding carboxylic acids is 1. The average Bonchev–Trinajstić information content (AvgIpc) is 3.46. The number of hydrogen-bond acceptors (Lipinski definition) is 3. The molecule has 4 heteroatoms. The Hall–Kier alpha value is -1.06. The van der Waals surface area contributed by atoms with Crippen molar-refractivity contribution in [2.75, 3.05) is 20.2 Å². The molecule has 0 amide bonds. The van der Waals surface area contributed by atoms with Crippen LogP contribution in [0.4, 0.5) is 0 Å². The number of likely N-dealkylation sites (tertiary alicyclic amines) is 1. The van der Waals surface area contributed by atoms with Gasteiger partial charge in [-0.05, 0) is 73.2 Å². The van der Waals surface area contributed by atoms with Crippen molar-refractivity contribution >= 4 is 18.2 Å². The van der Waals surface area contributed by atoms with Crippen molar-refractivity contribution in [3.8, 4) is 5.75 Å². The van der Waals surface area contributed by atoms with Gasteiger partial charge in [0.1, 0.15) is 11.5 Å². The van der Waals surface area contributed by atoms with Gasteiger partial charge < -0.3 is 4.74 Å². The molecule has 1 aromatic rings. The number of benzene rings is 1. The van der Waals surface area contributed by atoms with E-state index in [0.29, 0.717) is 23.7 Å². The number of piperidine rings is 1. The molecule has 1 heterocycles. The molecule has 2 bridgehead atoms. The first-order chi connectivity index (χ1) is 12.6. The highest BCUT2D eigenvalue weighted by Gasteiger charge is 2.58. The number of fused-ring (bicyclic) bond motifs is 1. The van der Waals surface area contributed by atoms with Gasteiger partial charge in [0.25, 0.3) is 0 Å². The van der Waals surface area contributed by atoms with Gasteiger partial charge in [0.2, 0.25) is 0 Å². The Morgan fingerprint density at radius 3 is 2.78 bits per heavy atom. The van der Waals surface area contributed by atoms with Crippen molar-refractivity contribution in [2.45, 2.75) is 63.3 Å². The maximum atomic E-state index is 12.8. The van der Waals surface area contributed by atoms with Crippen molar-refractivity contribution in [1.82, 2.24) is 4.90 Å². The average molecular weight is 390 g/mol. The lowest BCUT2D eigenvalue weighted by atomic mass is 9.49. The summed E-state index contributed by atoms with van der Waals surface area (Å²) in [5, 5.41) is 0. The minimum absolute atomic E-state index is 0. The topological polar surface area (TPSA) is 29.5 Å². The number of carbonyl (C=O) groups is 1. The minimum Gasteiger partial charge on any atom is -0.497 e. The fraction of sp³-hybridized carbons (Fsp3) is 0.696. The Morgan fingerprint density at radius 1 is 1.26 bits per heavy atom. The summed E-state index contributed by atoms with van der Waals surface area (Å²) in [5.41, 5.74) is 2.97. The SMILES string of the molecule is CC[C@@H]1CC(=O)CC23CCN(CC4CC4)C(Cc4ccc(OC)cc42)[C@@H]13.Cl. The van der Waals surface area contributed by atoms with Crippen LogP contribution in [-0.4, -0.2) is 36.9 Å². The summed E-state index contributed by atoms with van der Waals surface area (Å²) >= 11 is 0. The van der Waals surface area contributed by atoms with E-state index in [9.17, 15) is 4.79 Å². The van der Waals surface area contributed by atoms with Crippen LogP contribution >= 0.6 is 12.4 Å². The zero-order valence-electron chi connectivity index (χ0n) is 16.6. The lowest BCUT2D eigenvalue weighted by Gasteiger charge is -2.61. The predicted molar refractivity (Wildman–Crippen MR) is 110 cm³/mol. The molecule has 4 atom stereocenters. The van der Waals surface area contributed by atoms with Crippen LogP contribution in [0.2, 0.25) is 0 Å². The maximum Gasteiger partial charge on any atom is 0.134 e. The van der Waals surface area contributed by atoms with Crippen molar-refractivity contribution in [3.63, 3.8) is 0 Å². The molecule has 1 saturated heterocycles. The molecular weight excluding hydrogens is 358 g/mol. The molecule has 4 aliphatic rings. The van der Waals surface area contributed by atoms with E-state index in [2.05, 4.69) is 30.0 Å². The highest BCUT2D eigenvalue weighted by Crippen LogP contribution is 2.58. The lowest BCUT2D eigenvalue weighted by molar-refractivity contribution is -0.132. The molecule has 0 aromatic heterocycles. The first-order valence-electron chi connectivity index (χ1n) is 10.6. The number of hydrogen-bond donors (Lipinski definition) is 0. The number of methoxy groups -OCH3 is 1. The first kappa shape index (κ1) is 19.3. The highest BCUT2D eigenvalue weighted by molar-refractivity contribution is 5.85. The molecule has 148 valence electrons. The van der Waals surface area contributed by atoms with Crippen LogP contribution in [0, 0.1) is 17.8 Å². The molecule has 3 fully saturated rings. The van der Waals surface area contributed by atoms with E-state index in [-0.39, 0.29) is 17.8 Å². The van der Waals surface area contributed by atoms with Crippen molar-refractivity contribution in [1.29, 1.82) is 0 Å². The number of ketones is 1. The van der Waals surface area contributed by atoms with Crippen LogP contribution < -0.4 is 4.74 Å². The van der Waals surface area contributed by atoms with Gasteiger partial charge in [0, 0.05) is 30.8 Å². The van der Waals surface area contributed by atoms with Crippen molar-refractivity contribution in [3.05, 3.63) is 29.3 Å².